The van der Waals surface area contributed by atoms with Crippen molar-refractivity contribution in [2.75, 3.05) is 14.1 Å². The van der Waals surface area contributed by atoms with Crippen molar-refractivity contribution in [2.45, 2.75) is 6.61 Å². The molecule has 2 N–H and O–H groups in total. The Kier molecular flexibility index (Phi) is 5.12. The topological polar surface area (TPSA) is 107 Å². The van der Waals surface area contributed by atoms with E-state index < -0.39 is 11.9 Å². The van der Waals surface area contributed by atoms with Gasteiger partial charge in [-0.05, 0) is 23.4 Å². The van der Waals surface area contributed by atoms with Crippen molar-refractivity contribution >= 4 is 29.2 Å². The van der Waals surface area contributed by atoms with E-state index in [4.69, 9.17) is 22.1 Å². The van der Waals surface area contributed by atoms with E-state index in [1.54, 1.807) is 14.1 Å². The number of nitrogens with two attached hydrogens (primary N) is 1. The first-order chi connectivity index (χ1) is 10.9. The Morgan fingerprint density at radius 2 is 2.22 bits per heavy atom. The maximum Gasteiger partial charge on any atom is 0.409 e. The summed E-state index contributed by atoms with van der Waals surface area (Å²) in [7, 11) is 3.08. The summed E-state index contributed by atoms with van der Waals surface area (Å²) in [4.78, 5) is 16.7. The van der Waals surface area contributed by atoms with E-state index in [0.717, 1.165) is 6.07 Å². The number of halogens is 2. The molecule has 1 aromatic heterocycles. The number of ether oxygens (including phenoxy) is 1. The summed E-state index contributed by atoms with van der Waals surface area (Å²) >= 11 is 5.67. The molecule has 0 aliphatic heterocycles. The standard InChI is InChI=1S/C13H13ClFN5O3/c1-20(2)13(21)22-6-10-11(19-23-18-10)12(16)17-7-3-4-9(15)8(14)5-7/h3-5H,6H2,1-2H3,(H2,16,17). The average molecular weight is 342 g/mol. The molecular weight excluding hydrogens is 329 g/mol. The molecule has 2 rings (SSSR count). The first-order valence-corrected chi connectivity index (χ1v) is 6.71. The third-order valence-electron chi connectivity index (χ3n) is 2.65. The van der Waals surface area contributed by atoms with Gasteiger partial charge in [0.1, 0.15) is 12.4 Å². The molecule has 1 aromatic carbocycles. The van der Waals surface area contributed by atoms with Crippen molar-refractivity contribution in [2.24, 2.45) is 10.7 Å². The minimum absolute atomic E-state index is 0.0372. The van der Waals surface area contributed by atoms with E-state index in [0.29, 0.717) is 5.69 Å². The Hall–Kier alpha value is -2.68. The lowest BCUT2D eigenvalue weighted by atomic mass is 10.3. The number of hydrogen-bond acceptors (Lipinski definition) is 6. The molecule has 0 saturated heterocycles. The van der Waals surface area contributed by atoms with Gasteiger partial charge in [0.05, 0.1) is 10.7 Å². The SMILES string of the molecule is CN(C)C(=O)OCc1nonc1C(N)=Nc1ccc(F)c(Cl)c1. The minimum atomic E-state index is -0.566. The van der Waals surface area contributed by atoms with Gasteiger partial charge in [0.25, 0.3) is 0 Å². The molecule has 1 amide bonds. The van der Waals surface area contributed by atoms with Gasteiger partial charge in [-0.25, -0.2) is 18.8 Å². The van der Waals surface area contributed by atoms with E-state index in [2.05, 4.69) is 19.9 Å². The number of amides is 1. The van der Waals surface area contributed by atoms with Crippen LogP contribution in [-0.4, -0.2) is 41.2 Å². The molecular formula is C13H13ClFN5O3. The molecule has 23 heavy (non-hydrogen) atoms. The fourth-order valence-electron chi connectivity index (χ4n) is 1.50. The van der Waals surface area contributed by atoms with Crippen LogP contribution in [0.2, 0.25) is 5.02 Å². The molecule has 0 aliphatic carbocycles. The molecule has 0 saturated carbocycles. The summed E-state index contributed by atoms with van der Waals surface area (Å²) in [6, 6.07) is 3.87. The van der Waals surface area contributed by atoms with Crippen molar-refractivity contribution in [1.29, 1.82) is 0 Å². The lowest BCUT2D eigenvalue weighted by Crippen LogP contribution is -2.23. The minimum Gasteiger partial charge on any atom is -0.443 e. The second-order valence-corrected chi connectivity index (χ2v) is 5.01. The van der Waals surface area contributed by atoms with Gasteiger partial charge in [-0.15, -0.1) is 0 Å². The van der Waals surface area contributed by atoms with Crippen molar-refractivity contribution in [1.82, 2.24) is 15.2 Å². The van der Waals surface area contributed by atoms with Crippen LogP contribution >= 0.6 is 11.6 Å². The normalized spacial score (nSPS) is 11.4. The third kappa shape index (κ3) is 4.16. The molecule has 0 spiro atoms. The maximum absolute atomic E-state index is 13.1. The van der Waals surface area contributed by atoms with Gasteiger partial charge in [0.2, 0.25) is 0 Å². The van der Waals surface area contributed by atoms with Crippen molar-refractivity contribution in [3.63, 3.8) is 0 Å². The Balaban J connectivity index is 2.18. The second-order valence-electron chi connectivity index (χ2n) is 4.60. The van der Waals surface area contributed by atoms with Gasteiger partial charge in [-0.1, -0.05) is 16.8 Å². The van der Waals surface area contributed by atoms with Crippen LogP contribution in [0.15, 0.2) is 27.8 Å². The highest BCUT2D eigenvalue weighted by atomic mass is 35.5. The Morgan fingerprint density at radius 1 is 1.48 bits per heavy atom. The van der Waals surface area contributed by atoms with Gasteiger partial charge in [0, 0.05) is 14.1 Å². The number of amidine groups is 1. The molecule has 1 heterocycles. The average Bonchev–Trinajstić information content (AvgIpc) is 2.97. The molecule has 0 fully saturated rings. The molecule has 0 aliphatic rings. The number of nitrogens with zero attached hydrogens (tertiary/aromatic N) is 4. The van der Waals surface area contributed by atoms with Crippen LogP contribution in [0.5, 0.6) is 0 Å². The smallest absolute Gasteiger partial charge is 0.409 e. The zero-order valence-corrected chi connectivity index (χ0v) is 13.0. The third-order valence-corrected chi connectivity index (χ3v) is 2.94. The molecule has 0 radical (unpaired) electrons. The van der Waals surface area contributed by atoms with E-state index in [1.165, 1.54) is 17.0 Å². The van der Waals surface area contributed by atoms with Gasteiger partial charge in [-0.2, -0.15) is 0 Å². The van der Waals surface area contributed by atoms with Crippen LogP contribution in [0.3, 0.4) is 0 Å². The van der Waals surface area contributed by atoms with Crippen LogP contribution in [-0.2, 0) is 11.3 Å². The fourth-order valence-corrected chi connectivity index (χ4v) is 1.68. The molecule has 0 bridgehead atoms. The molecule has 122 valence electrons. The lowest BCUT2D eigenvalue weighted by molar-refractivity contribution is 0.109. The molecule has 10 heteroatoms. The highest BCUT2D eigenvalue weighted by Crippen LogP contribution is 2.22. The summed E-state index contributed by atoms with van der Waals surface area (Å²) < 4.78 is 22.7. The van der Waals surface area contributed by atoms with Crippen LogP contribution in [0.25, 0.3) is 0 Å². The van der Waals surface area contributed by atoms with Gasteiger partial charge < -0.3 is 15.4 Å². The number of aromatic nitrogens is 2. The molecule has 8 nitrogen and oxygen atoms in total. The Labute approximate surface area is 135 Å². The van der Waals surface area contributed by atoms with E-state index >= 15 is 0 Å². The van der Waals surface area contributed by atoms with Crippen LogP contribution in [0.1, 0.15) is 11.4 Å². The summed E-state index contributed by atoms with van der Waals surface area (Å²) in [5.74, 6) is -0.603. The van der Waals surface area contributed by atoms with Crippen molar-refractivity contribution < 1.29 is 18.6 Å². The first-order valence-electron chi connectivity index (χ1n) is 6.33. The lowest BCUT2D eigenvalue weighted by Gasteiger charge is -2.09. The van der Waals surface area contributed by atoms with Gasteiger partial charge in [-0.3, -0.25) is 0 Å². The highest BCUT2D eigenvalue weighted by Gasteiger charge is 2.17. The van der Waals surface area contributed by atoms with Crippen molar-refractivity contribution in [3.05, 3.63) is 40.4 Å². The van der Waals surface area contributed by atoms with E-state index in [-0.39, 0.29) is 28.9 Å². The largest absolute Gasteiger partial charge is 0.443 e. The zero-order valence-electron chi connectivity index (χ0n) is 12.3. The van der Waals surface area contributed by atoms with Crippen LogP contribution in [0, 0.1) is 5.82 Å². The number of rotatable bonds is 4. The Bertz CT molecular complexity index is 747. The molecule has 0 atom stereocenters. The molecule has 2 aromatic rings. The quantitative estimate of drug-likeness (QED) is 0.674. The monoisotopic (exact) mass is 341 g/mol. The maximum atomic E-state index is 13.1. The predicted octanol–water partition coefficient (Wildman–Crippen LogP) is 2.10. The van der Waals surface area contributed by atoms with Crippen molar-refractivity contribution in [3.8, 4) is 0 Å². The number of carbonyl (C=O) groups excluding carboxylic acids is 1. The summed E-state index contributed by atoms with van der Waals surface area (Å²) in [6.45, 7) is -0.184. The number of aliphatic imine (C=N–C) groups is 1. The van der Waals surface area contributed by atoms with E-state index in [1.807, 2.05) is 0 Å². The summed E-state index contributed by atoms with van der Waals surface area (Å²) in [5, 5.41) is 7.15. The number of carbonyl (C=O) groups is 1. The van der Waals surface area contributed by atoms with E-state index in [9.17, 15) is 9.18 Å². The van der Waals surface area contributed by atoms with Gasteiger partial charge >= 0.3 is 6.09 Å². The predicted molar refractivity (Wildman–Crippen MR) is 80.0 cm³/mol. The molecule has 0 unspecified atom stereocenters. The summed E-state index contributed by atoms with van der Waals surface area (Å²) in [6.07, 6.45) is -0.556. The number of benzene rings is 1. The highest BCUT2D eigenvalue weighted by molar-refractivity contribution is 6.31. The van der Waals surface area contributed by atoms with Gasteiger partial charge in [0.15, 0.2) is 17.2 Å². The number of hydrogen-bond donors (Lipinski definition) is 1. The van der Waals surface area contributed by atoms with Crippen LogP contribution < -0.4 is 5.73 Å². The first kappa shape index (κ1) is 16.7. The second kappa shape index (κ2) is 7.05. The zero-order chi connectivity index (χ0) is 17.0. The summed E-state index contributed by atoms with van der Waals surface area (Å²) in [5.41, 5.74) is 6.48. The fraction of sp³-hybridized carbons (Fsp3) is 0.231. The Morgan fingerprint density at radius 3 is 2.87 bits per heavy atom. The van der Waals surface area contributed by atoms with Crippen LogP contribution in [0.4, 0.5) is 14.9 Å².